The van der Waals surface area contributed by atoms with Gasteiger partial charge in [-0.15, -0.1) is 5.10 Å². The summed E-state index contributed by atoms with van der Waals surface area (Å²) >= 11 is 0. The highest BCUT2D eigenvalue weighted by Gasteiger charge is 2.12. The molecule has 1 aromatic carbocycles. The first-order chi connectivity index (χ1) is 17.8. The van der Waals surface area contributed by atoms with Gasteiger partial charge in [0, 0.05) is 31.4 Å². The summed E-state index contributed by atoms with van der Waals surface area (Å²) in [5, 5.41) is 11.2. The SMILES string of the molecule is c1cn(-c2ccc(CNc3cc(-c4cnc5cc(OCCN6CCCC6)ccn45)ncn3)cc2)nn1. The normalized spacial score (nSPS) is 13.9. The molecule has 36 heavy (non-hydrogen) atoms. The Morgan fingerprint density at radius 2 is 1.83 bits per heavy atom. The molecular weight excluding hydrogens is 454 g/mol. The molecule has 1 aliphatic rings. The molecule has 1 fully saturated rings. The maximum absolute atomic E-state index is 5.97. The molecule has 5 aromatic rings. The molecule has 5 heterocycles. The molecule has 0 aliphatic carbocycles. The van der Waals surface area contributed by atoms with E-state index in [2.05, 4.69) is 47.6 Å². The van der Waals surface area contributed by atoms with Crippen molar-refractivity contribution in [2.45, 2.75) is 19.4 Å². The van der Waals surface area contributed by atoms with E-state index in [1.54, 1.807) is 17.2 Å². The minimum absolute atomic E-state index is 0.638. The van der Waals surface area contributed by atoms with Crippen LogP contribution in [-0.4, -0.2) is 65.5 Å². The number of hydrogen-bond donors (Lipinski definition) is 1. The molecule has 4 aromatic heterocycles. The molecule has 0 atom stereocenters. The lowest BCUT2D eigenvalue weighted by molar-refractivity contribution is 0.238. The highest BCUT2D eigenvalue weighted by Crippen LogP contribution is 2.23. The van der Waals surface area contributed by atoms with Gasteiger partial charge in [-0.25, -0.2) is 19.6 Å². The summed E-state index contributed by atoms with van der Waals surface area (Å²) in [6.07, 6.45) is 11.4. The number of hydrogen-bond acceptors (Lipinski definition) is 8. The zero-order valence-electron chi connectivity index (χ0n) is 19.9. The summed E-state index contributed by atoms with van der Waals surface area (Å²) < 4.78 is 9.72. The van der Waals surface area contributed by atoms with Crippen molar-refractivity contribution in [3.8, 4) is 22.8 Å². The van der Waals surface area contributed by atoms with Crippen molar-refractivity contribution in [2.75, 3.05) is 31.6 Å². The number of nitrogens with one attached hydrogen (secondary N) is 1. The van der Waals surface area contributed by atoms with Gasteiger partial charge < -0.3 is 10.1 Å². The average molecular weight is 482 g/mol. The van der Waals surface area contributed by atoms with Crippen molar-refractivity contribution >= 4 is 11.5 Å². The molecule has 1 aliphatic heterocycles. The number of fused-ring (bicyclic) bond motifs is 1. The van der Waals surface area contributed by atoms with E-state index in [1.165, 1.54) is 25.9 Å². The summed E-state index contributed by atoms with van der Waals surface area (Å²) in [5.41, 5.74) is 4.61. The number of anilines is 1. The largest absolute Gasteiger partial charge is 0.492 e. The minimum atomic E-state index is 0.638. The van der Waals surface area contributed by atoms with E-state index in [9.17, 15) is 0 Å². The van der Waals surface area contributed by atoms with Gasteiger partial charge in [0.15, 0.2) is 0 Å². The van der Waals surface area contributed by atoms with E-state index in [4.69, 9.17) is 4.74 Å². The Labute approximate surface area is 208 Å². The first-order valence-electron chi connectivity index (χ1n) is 12.2. The smallest absolute Gasteiger partial charge is 0.140 e. The molecule has 1 saturated heterocycles. The van der Waals surface area contributed by atoms with Crippen molar-refractivity contribution in [3.63, 3.8) is 0 Å². The van der Waals surface area contributed by atoms with Gasteiger partial charge in [-0.3, -0.25) is 9.30 Å². The molecule has 10 nitrogen and oxygen atoms in total. The van der Waals surface area contributed by atoms with Crippen LogP contribution < -0.4 is 10.1 Å². The van der Waals surface area contributed by atoms with Gasteiger partial charge in [-0.1, -0.05) is 17.3 Å². The van der Waals surface area contributed by atoms with Gasteiger partial charge in [0.2, 0.25) is 0 Å². The average Bonchev–Trinajstić information content (AvgIpc) is 3.70. The van der Waals surface area contributed by atoms with Crippen molar-refractivity contribution in [3.05, 3.63) is 79.1 Å². The number of benzene rings is 1. The van der Waals surface area contributed by atoms with Crippen molar-refractivity contribution in [1.82, 2.24) is 39.2 Å². The molecule has 1 N–H and O–H groups in total. The summed E-state index contributed by atoms with van der Waals surface area (Å²) in [6.45, 7) is 4.65. The van der Waals surface area contributed by atoms with Crippen molar-refractivity contribution in [2.24, 2.45) is 0 Å². The topological polar surface area (TPSA) is 98.3 Å². The third-order valence-corrected chi connectivity index (χ3v) is 6.39. The third kappa shape index (κ3) is 4.89. The van der Waals surface area contributed by atoms with Gasteiger partial charge >= 0.3 is 0 Å². The molecule has 0 saturated carbocycles. The number of pyridine rings is 1. The van der Waals surface area contributed by atoms with E-state index < -0.39 is 0 Å². The predicted octanol–water partition coefficient (Wildman–Crippen LogP) is 3.46. The molecule has 0 unspecified atom stereocenters. The Morgan fingerprint density at radius 1 is 0.944 bits per heavy atom. The van der Waals surface area contributed by atoms with E-state index in [0.29, 0.717) is 13.2 Å². The molecule has 0 bridgehead atoms. The lowest BCUT2D eigenvalue weighted by atomic mass is 10.2. The van der Waals surface area contributed by atoms with Gasteiger partial charge in [0.1, 0.15) is 30.1 Å². The minimum Gasteiger partial charge on any atom is -0.492 e. The summed E-state index contributed by atoms with van der Waals surface area (Å²) in [6, 6.07) is 14.0. The Hall–Kier alpha value is -4.31. The van der Waals surface area contributed by atoms with E-state index in [0.717, 1.165) is 46.4 Å². The van der Waals surface area contributed by atoms with Crippen LogP contribution in [0.1, 0.15) is 18.4 Å². The second kappa shape index (κ2) is 10.1. The lowest BCUT2D eigenvalue weighted by Crippen LogP contribution is -2.25. The summed E-state index contributed by atoms with van der Waals surface area (Å²) in [5.74, 6) is 1.58. The fourth-order valence-electron chi connectivity index (χ4n) is 4.44. The van der Waals surface area contributed by atoms with Crippen LogP contribution in [-0.2, 0) is 6.54 Å². The number of ether oxygens (including phenoxy) is 1. The molecule has 6 rings (SSSR count). The van der Waals surface area contributed by atoms with Crippen molar-refractivity contribution < 1.29 is 4.74 Å². The molecular formula is C26H27N9O. The van der Waals surface area contributed by atoms with Gasteiger partial charge in [-0.05, 0) is 49.7 Å². The zero-order valence-corrected chi connectivity index (χ0v) is 19.9. The Morgan fingerprint density at radius 3 is 2.67 bits per heavy atom. The van der Waals surface area contributed by atoms with Crippen LogP contribution >= 0.6 is 0 Å². The lowest BCUT2D eigenvalue weighted by Gasteiger charge is -2.15. The van der Waals surface area contributed by atoms with Crippen LogP contribution in [0.2, 0.25) is 0 Å². The molecule has 0 radical (unpaired) electrons. The predicted molar refractivity (Wildman–Crippen MR) is 136 cm³/mol. The van der Waals surface area contributed by atoms with Crippen molar-refractivity contribution in [1.29, 1.82) is 0 Å². The maximum Gasteiger partial charge on any atom is 0.140 e. The first kappa shape index (κ1) is 22.2. The van der Waals surface area contributed by atoms with Gasteiger partial charge in [0.25, 0.3) is 0 Å². The molecule has 0 spiro atoms. The second-order valence-electron chi connectivity index (χ2n) is 8.79. The monoisotopic (exact) mass is 481 g/mol. The standard InChI is InChI=1S/C26H27N9O/c1-2-10-33(9-1)13-14-36-22-7-11-34-24(18-28-26(34)15-22)23-16-25(30-19-29-23)27-17-20-3-5-21(6-4-20)35-12-8-31-32-35/h3-8,11-12,15-16,18-19H,1-2,9-10,13-14,17H2,(H,27,29,30). The fourth-order valence-corrected chi connectivity index (χ4v) is 4.44. The van der Waals surface area contributed by atoms with Crippen LogP contribution in [0.4, 0.5) is 5.82 Å². The molecule has 182 valence electrons. The van der Waals surface area contributed by atoms with Gasteiger partial charge in [0.05, 0.1) is 35.7 Å². The number of aromatic nitrogens is 7. The second-order valence-corrected chi connectivity index (χ2v) is 8.79. The number of rotatable bonds is 9. The highest BCUT2D eigenvalue weighted by atomic mass is 16.5. The Kier molecular flexibility index (Phi) is 6.24. The van der Waals surface area contributed by atoms with Crippen LogP contribution in [0.5, 0.6) is 5.75 Å². The van der Waals surface area contributed by atoms with Crippen LogP contribution in [0.25, 0.3) is 22.7 Å². The Bertz CT molecular complexity index is 1420. The van der Waals surface area contributed by atoms with Gasteiger partial charge in [-0.2, -0.15) is 0 Å². The third-order valence-electron chi connectivity index (χ3n) is 6.39. The first-order valence-corrected chi connectivity index (χ1v) is 12.2. The quantitative estimate of drug-likeness (QED) is 0.342. The summed E-state index contributed by atoms with van der Waals surface area (Å²) in [4.78, 5) is 15.9. The number of nitrogens with zero attached hydrogens (tertiary/aromatic N) is 8. The fraction of sp³-hybridized carbons (Fsp3) is 0.269. The highest BCUT2D eigenvalue weighted by molar-refractivity contribution is 5.63. The van der Waals surface area contributed by atoms with Crippen LogP contribution in [0.3, 0.4) is 0 Å². The van der Waals surface area contributed by atoms with E-state index in [1.807, 2.05) is 53.3 Å². The van der Waals surface area contributed by atoms with Crippen LogP contribution in [0.15, 0.2) is 73.6 Å². The number of likely N-dealkylation sites (tertiary alicyclic amines) is 1. The van der Waals surface area contributed by atoms with E-state index >= 15 is 0 Å². The van der Waals surface area contributed by atoms with E-state index in [-0.39, 0.29) is 0 Å². The Balaban J connectivity index is 1.11. The van der Waals surface area contributed by atoms with Crippen LogP contribution in [0, 0.1) is 0 Å². The molecule has 0 amide bonds. The number of imidazole rings is 1. The maximum atomic E-state index is 5.97. The summed E-state index contributed by atoms with van der Waals surface area (Å²) in [7, 11) is 0. The molecule has 10 heteroatoms. The zero-order chi connectivity index (χ0) is 24.2.